The van der Waals surface area contributed by atoms with Gasteiger partial charge in [-0.2, -0.15) is 0 Å². The van der Waals surface area contributed by atoms with E-state index in [0.29, 0.717) is 6.54 Å². The lowest BCUT2D eigenvalue weighted by atomic mass is 9.82. The van der Waals surface area contributed by atoms with Crippen LogP contribution in [-0.2, 0) is 9.59 Å². The molecule has 5 heteroatoms. The molecule has 3 unspecified atom stereocenters. The number of carbonyl (C=O) groups excluding carboxylic acids is 1. The number of amides is 1. The van der Waals surface area contributed by atoms with Crippen LogP contribution in [0.4, 0.5) is 0 Å². The minimum absolute atomic E-state index is 0.0164. The van der Waals surface area contributed by atoms with Crippen LogP contribution in [0, 0.1) is 29.6 Å². The van der Waals surface area contributed by atoms with E-state index in [1.807, 2.05) is 19.1 Å². The van der Waals surface area contributed by atoms with Gasteiger partial charge in [0.25, 0.3) is 0 Å². The molecule has 0 saturated heterocycles. The van der Waals surface area contributed by atoms with E-state index in [9.17, 15) is 14.7 Å². The lowest BCUT2D eigenvalue weighted by molar-refractivity contribution is -0.147. The second-order valence-electron chi connectivity index (χ2n) is 6.06. The first kappa shape index (κ1) is 15.0. The van der Waals surface area contributed by atoms with Crippen molar-refractivity contribution in [1.29, 1.82) is 0 Å². The number of carbonyl (C=O) groups is 2. The largest absolute Gasteiger partial charge is 0.481 e. The van der Waals surface area contributed by atoms with Crippen molar-refractivity contribution in [2.45, 2.75) is 26.2 Å². The Labute approximate surface area is 119 Å². The number of carboxylic acids is 1. The zero-order chi connectivity index (χ0) is 14.7. The number of fused-ring (bicyclic) bond motifs is 2. The first-order chi connectivity index (χ1) is 9.54. The Balaban J connectivity index is 1.83. The van der Waals surface area contributed by atoms with Crippen LogP contribution in [0.2, 0.25) is 0 Å². The molecule has 0 aromatic heterocycles. The van der Waals surface area contributed by atoms with Crippen LogP contribution in [0.15, 0.2) is 12.2 Å². The molecule has 0 radical (unpaired) electrons. The van der Waals surface area contributed by atoms with Gasteiger partial charge >= 0.3 is 5.97 Å². The number of hydrogen-bond donors (Lipinski definition) is 3. The molecule has 1 saturated carbocycles. The van der Waals surface area contributed by atoms with Gasteiger partial charge < -0.3 is 15.5 Å². The summed E-state index contributed by atoms with van der Waals surface area (Å²) in [5.41, 5.74) is 0. The van der Waals surface area contributed by atoms with Crippen molar-refractivity contribution in [3.8, 4) is 0 Å². The second-order valence-corrected chi connectivity index (χ2v) is 6.06. The van der Waals surface area contributed by atoms with Gasteiger partial charge in [-0.15, -0.1) is 0 Å². The van der Waals surface area contributed by atoms with E-state index in [2.05, 4.69) is 5.32 Å². The first-order valence-electron chi connectivity index (χ1n) is 7.34. The molecule has 1 amide bonds. The third-order valence-electron chi connectivity index (χ3n) is 4.53. The third-order valence-corrected chi connectivity index (χ3v) is 4.53. The summed E-state index contributed by atoms with van der Waals surface area (Å²) in [6, 6.07) is 0. The zero-order valence-electron chi connectivity index (χ0n) is 11.8. The predicted octanol–water partition coefficient (Wildman–Crippen LogP) is 1.03. The normalized spacial score (nSPS) is 32.3. The summed E-state index contributed by atoms with van der Waals surface area (Å²) in [4.78, 5) is 23.5. The quantitative estimate of drug-likeness (QED) is 0.480. The average Bonchev–Trinajstić information content (AvgIpc) is 3.03. The molecule has 0 spiro atoms. The van der Waals surface area contributed by atoms with Crippen molar-refractivity contribution in [3.63, 3.8) is 0 Å². The highest BCUT2D eigenvalue weighted by Gasteiger charge is 2.51. The van der Waals surface area contributed by atoms with Gasteiger partial charge in [-0.05, 0) is 37.0 Å². The Morgan fingerprint density at radius 2 is 1.95 bits per heavy atom. The summed E-state index contributed by atoms with van der Waals surface area (Å²) in [6.07, 6.45) is 6.38. The Bertz CT molecular complexity index is 407. The molecule has 2 aliphatic carbocycles. The first-order valence-corrected chi connectivity index (χ1v) is 7.34. The molecular formula is C15H23NO4. The van der Waals surface area contributed by atoms with E-state index in [0.717, 1.165) is 19.3 Å². The maximum absolute atomic E-state index is 12.2. The fourth-order valence-electron chi connectivity index (χ4n) is 3.39. The van der Waals surface area contributed by atoms with Crippen LogP contribution in [0.25, 0.3) is 0 Å². The van der Waals surface area contributed by atoms with Crippen molar-refractivity contribution in [2.75, 3.05) is 13.2 Å². The van der Waals surface area contributed by atoms with Crippen molar-refractivity contribution in [3.05, 3.63) is 12.2 Å². The SMILES string of the molecule is CC(CO)CCCNC(=O)[C@H]1C2C=CC(C2)[C@H]1C(=O)O. The van der Waals surface area contributed by atoms with Crippen LogP contribution in [-0.4, -0.2) is 35.2 Å². The van der Waals surface area contributed by atoms with Crippen molar-refractivity contribution in [2.24, 2.45) is 29.6 Å². The summed E-state index contributed by atoms with van der Waals surface area (Å²) in [5.74, 6) is -1.65. The standard InChI is InChI=1S/C15H23NO4/c1-9(8-17)3-2-6-16-14(18)12-10-4-5-11(7-10)13(12)15(19)20/h4-5,9-13,17H,2-3,6-8H2,1H3,(H,16,18)(H,19,20)/t9?,10?,11?,12-,13+/m0/s1. The highest BCUT2D eigenvalue weighted by atomic mass is 16.4. The summed E-state index contributed by atoms with van der Waals surface area (Å²) >= 11 is 0. The fraction of sp³-hybridized carbons (Fsp3) is 0.733. The Hall–Kier alpha value is -1.36. The molecule has 0 heterocycles. The minimum Gasteiger partial charge on any atom is -0.481 e. The van der Waals surface area contributed by atoms with Gasteiger partial charge in [0, 0.05) is 13.2 Å². The third kappa shape index (κ3) is 3.03. The van der Waals surface area contributed by atoms with Gasteiger partial charge in [-0.25, -0.2) is 0 Å². The lowest BCUT2D eigenvalue weighted by Crippen LogP contribution is -2.40. The Morgan fingerprint density at radius 3 is 2.55 bits per heavy atom. The second kappa shape index (κ2) is 6.39. The number of allylic oxidation sites excluding steroid dienone is 2. The maximum Gasteiger partial charge on any atom is 0.307 e. The molecule has 0 aliphatic heterocycles. The molecule has 3 N–H and O–H groups in total. The summed E-state index contributed by atoms with van der Waals surface area (Å²) < 4.78 is 0. The molecule has 2 bridgehead atoms. The number of hydrogen-bond acceptors (Lipinski definition) is 3. The van der Waals surface area contributed by atoms with Gasteiger partial charge in [0.1, 0.15) is 0 Å². The topological polar surface area (TPSA) is 86.6 Å². The van der Waals surface area contributed by atoms with Crippen LogP contribution in [0.5, 0.6) is 0 Å². The number of aliphatic hydroxyl groups is 1. The van der Waals surface area contributed by atoms with Gasteiger partial charge in [-0.3, -0.25) is 9.59 Å². The zero-order valence-corrected chi connectivity index (χ0v) is 11.8. The Morgan fingerprint density at radius 1 is 1.30 bits per heavy atom. The van der Waals surface area contributed by atoms with Gasteiger partial charge in [0.2, 0.25) is 5.91 Å². The van der Waals surface area contributed by atoms with Crippen LogP contribution < -0.4 is 5.32 Å². The summed E-state index contributed by atoms with van der Waals surface area (Å²) in [5, 5.41) is 21.1. The van der Waals surface area contributed by atoms with Gasteiger partial charge in [0.15, 0.2) is 0 Å². The molecule has 20 heavy (non-hydrogen) atoms. The van der Waals surface area contributed by atoms with Crippen molar-refractivity contribution >= 4 is 11.9 Å². The summed E-state index contributed by atoms with van der Waals surface area (Å²) in [7, 11) is 0. The predicted molar refractivity (Wildman–Crippen MR) is 73.8 cm³/mol. The molecule has 2 aliphatic rings. The van der Waals surface area contributed by atoms with E-state index in [1.54, 1.807) is 0 Å². The molecule has 5 atom stereocenters. The smallest absolute Gasteiger partial charge is 0.307 e. The van der Waals surface area contributed by atoms with Crippen molar-refractivity contribution < 1.29 is 19.8 Å². The van der Waals surface area contributed by atoms with Crippen LogP contribution >= 0.6 is 0 Å². The number of rotatable bonds is 7. The molecule has 112 valence electrons. The van der Waals surface area contributed by atoms with Gasteiger partial charge in [-0.1, -0.05) is 19.1 Å². The van der Waals surface area contributed by atoms with Crippen LogP contribution in [0.3, 0.4) is 0 Å². The fourth-order valence-corrected chi connectivity index (χ4v) is 3.39. The number of nitrogens with one attached hydrogen (secondary N) is 1. The monoisotopic (exact) mass is 281 g/mol. The molecule has 5 nitrogen and oxygen atoms in total. The van der Waals surface area contributed by atoms with E-state index in [-0.39, 0.29) is 30.3 Å². The van der Waals surface area contributed by atoms with E-state index >= 15 is 0 Å². The molecule has 0 aromatic rings. The average molecular weight is 281 g/mol. The highest BCUT2D eigenvalue weighted by Crippen LogP contribution is 2.48. The van der Waals surface area contributed by atoms with Gasteiger partial charge in [0.05, 0.1) is 11.8 Å². The summed E-state index contributed by atoms with van der Waals surface area (Å²) in [6.45, 7) is 2.67. The van der Waals surface area contributed by atoms with E-state index < -0.39 is 17.8 Å². The Kier molecular flexibility index (Phi) is 4.81. The molecular weight excluding hydrogens is 258 g/mol. The molecule has 2 rings (SSSR count). The number of aliphatic carboxylic acids is 1. The molecule has 1 fully saturated rings. The van der Waals surface area contributed by atoms with Crippen LogP contribution in [0.1, 0.15) is 26.2 Å². The van der Waals surface area contributed by atoms with E-state index in [4.69, 9.17) is 5.11 Å². The molecule has 0 aromatic carbocycles. The number of carboxylic acid groups (broad SMARTS) is 1. The lowest BCUT2D eigenvalue weighted by Gasteiger charge is -2.23. The van der Waals surface area contributed by atoms with E-state index in [1.165, 1.54) is 0 Å². The number of aliphatic hydroxyl groups excluding tert-OH is 1. The maximum atomic E-state index is 12.2. The minimum atomic E-state index is -0.865. The highest BCUT2D eigenvalue weighted by molar-refractivity contribution is 5.86. The van der Waals surface area contributed by atoms with Crippen molar-refractivity contribution in [1.82, 2.24) is 5.32 Å².